The van der Waals surface area contributed by atoms with Gasteiger partial charge in [-0.05, 0) is 36.8 Å². The van der Waals surface area contributed by atoms with Crippen molar-refractivity contribution in [1.82, 2.24) is 10.3 Å². The molecule has 0 bridgehead atoms. The van der Waals surface area contributed by atoms with E-state index in [4.69, 9.17) is 28.5 Å². The van der Waals surface area contributed by atoms with Gasteiger partial charge in [-0.15, -0.1) is 0 Å². The van der Waals surface area contributed by atoms with Crippen molar-refractivity contribution in [1.29, 1.82) is 5.26 Å². The number of nitrogens with zero attached hydrogens (tertiary/aromatic N) is 2. The number of aryl methyl sites for hydroxylation is 1. The minimum absolute atomic E-state index is 0.282. The van der Waals surface area contributed by atoms with Gasteiger partial charge in [-0.1, -0.05) is 43.1 Å². The molecule has 1 aromatic carbocycles. The van der Waals surface area contributed by atoms with Gasteiger partial charge in [0, 0.05) is 12.0 Å². The van der Waals surface area contributed by atoms with E-state index in [1.54, 1.807) is 31.2 Å². The molecule has 4 nitrogen and oxygen atoms in total. The van der Waals surface area contributed by atoms with Gasteiger partial charge in [0.05, 0.1) is 21.3 Å². The molecule has 0 spiro atoms. The first-order valence-corrected chi connectivity index (χ1v) is 8.11. The van der Waals surface area contributed by atoms with Crippen molar-refractivity contribution in [3.63, 3.8) is 0 Å². The fraction of sp³-hybridized carbons (Fsp3) is 0.278. The molecule has 124 valence electrons. The van der Waals surface area contributed by atoms with E-state index in [0.717, 1.165) is 5.56 Å². The lowest BCUT2D eigenvalue weighted by molar-refractivity contribution is 0.0940. The van der Waals surface area contributed by atoms with Gasteiger partial charge in [-0.2, -0.15) is 5.26 Å². The number of amides is 1. The average Bonchev–Trinajstić information content (AvgIpc) is 2.55. The maximum absolute atomic E-state index is 12.3. The highest BCUT2D eigenvalue weighted by Gasteiger charge is 2.23. The van der Waals surface area contributed by atoms with Crippen LogP contribution < -0.4 is 5.32 Å². The van der Waals surface area contributed by atoms with E-state index in [2.05, 4.69) is 10.3 Å². The Morgan fingerprint density at radius 3 is 2.54 bits per heavy atom. The lowest BCUT2D eigenvalue weighted by atomic mass is 9.84. The molecule has 0 fully saturated rings. The van der Waals surface area contributed by atoms with Gasteiger partial charge in [0.25, 0.3) is 5.91 Å². The topological polar surface area (TPSA) is 65.8 Å². The highest BCUT2D eigenvalue weighted by Crippen LogP contribution is 2.29. The predicted molar refractivity (Wildman–Crippen MR) is 95.5 cm³/mol. The second-order valence-electron chi connectivity index (χ2n) is 6.14. The van der Waals surface area contributed by atoms with E-state index in [0.29, 0.717) is 27.8 Å². The number of carbonyl (C=O) groups excluding carboxylic acids is 1. The van der Waals surface area contributed by atoms with Crippen LogP contribution in [0.5, 0.6) is 0 Å². The number of pyridine rings is 1. The largest absolute Gasteiger partial charge is 0.350 e. The first kappa shape index (κ1) is 18.3. The zero-order chi connectivity index (χ0) is 17.9. The van der Waals surface area contributed by atoms with E-state index < -0.39 is 0 Å². The number of hydrogen-bond acceptors (Lipinski definition) is 3. The first-order chi connectivity index (χ1) is 11.2. The lowest BCUT2D eigenvalue weighted by Crippen LogP contribution is -2.37. The third kappa shape index (κ3) is 4.05. The summed E-state index contributed by atoms with van der Waals surface area (Å²) in [7, 11) is 0. The Hall–Kier alpha value is -2.09. The quantitative estimate of drug-likeness (QED) is 0.883. The van der Waals surface area contributed by atoms with Crippen molar-refractivity contribution in [2.45, 2.75) is 26.2 Å². The molecule has 2 aromatic rings. The van der Waals surface area contributed by atoms with Crippen molar-refractivity contribution in [2.24, 2.45) is 0 Å². The monoisotopic (exact) mass is 361 g/mol. The molecule has 1 aromatic heterocycles. The number of hydrogen-bond donors (Lipinski definition) is 1. The van der Waals surface area contributed by atoms with Gasteiger partial charge in [0.1, 0.15) is 11.8 Å². The van der Waals surface area contributed by atoms with Crippen LogP contribution in [0.4, 0.5) is 0 Å². The minimum Gasteiger partial charge on any atom is -0.350 e. The second-order valence-corrected chi connectivity index (χ2v) is 6.95. The van der Waals surface area contributed by atoms with Crippen LogP contribution in [0, 0.1) is 18.3 Å². The van der Waals surface area contributed by atoms with Gasteiger partial charge in [0.15, 0.2) is 0 Å². The molecule has 1 N–H and O–H groups in total. The van der Waals surface area contributed by atoms with Crippen LogP contribution in [-0.4, -0.2) is 17.4 Å². The van der Waals surface area contributed by atoms with Gasteiger partial charge in [-0.25, -0.2) is 4.98 Å². The zero-order valence-electron chi connectivity index (χ0n) is 13.7. The number of halogens is 2. The molecule has 1 amide bonds. The van der Waals surface area contributed by atoms with E-state index >= 15 is 0 Å². The number of aromatic nitrogens is 1. The Morgan fingerprint density at radius 2 is 1.96 bits per heavy atom. The van der Waals surface area contributed by atoms with Crippen LogP contribution in [0.15, 0.2) is 30.3 Å². The predicted octanol–water partition coefficient (Wildman–Crippen LogP) is 4.28. The Morgan fingerprint density at radius 1 is 1.25 bits per heavy atom. The standard InChI is InChI=1S/C18H17Cl2N3O/c1-11-12(9-21)4-7-16(23-11)17(24)22-10-18(2,3)13-5-6-14(19)15(20)8-13/h4-8H,10H2,1-3H3,(H,22,24). The van der Waals surface area contributed by atoms with Crippen molar-refractivity contribution in [3.8, 4) is 6.07 Å². The van der Waals surface area contributed by atoms with Crippen molar-refractivity contribution < 1.29 is 4.79 Å². The Bertz CT molecular complexity index is 825. The third-order valence-electron chi connectivity index (χ3n) is 3.83. The first-order valence-electron chi connectivity index (χ1n) is 7.36. The highest BCUT2D eigenvalue weighted by molar-refractivity contribution is 6.42. The molecule has 0 aliphatic carbocycles. The highest BCUT2D eigenvalue weighted by atomic mass is 35.5. The van der Waals surface area contributed by atoms with E-state index in [-0.39, 0.29) is 17.0 Å². The summed E-state index contributed by atoms with van der Waals surface area (Å²) in [6, 6.07) is 10.6. The van der Waals surface area contributed by atoms with Crippen molar-refractivity contribution >= 4 is 29.1 Å². The fourth-order valence-electron chi connectivity index (χ4n) is 2.22. The van der Waals surface area contributed by atoms with Crippen LogP contribution in [0.25, 0.3) is 0 Å². The van der Waals surface area contributed by atoms with Crippen molar-refractivity contribution in [2.75, 3.05) is 6.54 Å². The van der Waals surface area contributed by atoms with Crippen molar-refractivity contribution in [3.05, 3.63) is 62.9 Å². The molecule has 0 saturated heterocycles. The maximum atomic E-state index is 12.3. The van der Waals surface area contributed by atoms with E-state index in [9.17, 15) is 4.79 Å². The SMILES string of the molecule is Cc1nc(C(=O)NCC(C)(C)c2ccc(Cl)c(Cl)c2)ccc1C#N. The molecule has 0 unspecified atom stereocenters. The normalized spacial score (nSPS) is 11.0. The minimum atomic E-state index is -0.328. The zero-order valence-corrected chi connectivity index (χ0v) is 15.2. The Kier molecular flexibility index (Phi) is 5.48. The molecule has 0 atom stereocenters. The average molecular weight is 362 g/mol. The molecule has 24 heavy (non-hydrogen) atoms. The molecule has 0 radical (unpaired) electrons. The molecule has 6 heteroatoms. The summed E-state index contributed by atoms with van der Waals surface area (Å²) in [4.78, 5) is 16.5. The summed E-state index contributed by atoms with van der Waals surface area (Å²) in [5.74, 6) is -0.282. The number of carbonyl (C=O) groups is 1. The van der Waals surface area contributed by atoms with Crippen LogP contribution >= 0.6 is 23.2 Å². The van der Waals surface area contributed by atoms with Gasteiger partial charge in [0.2, 0.25) is 0 Å². The molecular weight excluding hydrogens is 345 g/mol. The lowest BCUT2D eigenvalue weighted by Gasteiger charge is -2.26. The summed E-state index contributed by atoms with van der Waals surface area (Å²) in [6.45, 7) is 6.12. The van der Waals surface area contributed by atoms with Gasteiger partial charge < -0.3 is 5.32 Å². The fourth-order valence-corrected chi connectivity index (χ4v) is 2.51. The Labute approximate surface area is 151 Å². The number of benzene rings is 1. The molecular formula is C18H17Cl2N3O. The number of rotatable bonds is 4. The third-order valence-corrected chi connectivity index (χ3v) is 4.57. The number of nitriles is 1. The molecule has 2 rings (SSSR count). The van der Waals surface area contributed by atoms with Crippen LogP contribution in [0.2, 0.25) is 10.0 Å². The van der Waals surface area contributed by atoms with Gasteiger partial charge >= 0.3 is 0 Å². The maximum Gasteiger partial charge on any atom is 0.269 e. The summed E-state index contributed by atoms with van der Waals surface area (Å²) < 4.78 is 0. The summed E-state index contributed by atoms with van der Waals surface area (Å²) in [5, 5.41) is 12.8. The van der Waals surface area contributed by atoms with Crippen LogP contribution in [0.1, 0.15) is 41.2 Å². The smallest absolute Gasteiger partial charge is 0.269 e. The summed E-state index contributed by atoms with van der Waals surface area (Å²) >= 11 is 12.0. The van der Waals surface area contributed by atoms with E-state index in [1.165, 1.54) is 0 Å². The van der Waals surface area contributed by atoms with Gasteiger partial charge in [-0.3, -0.25) is 4.79 Å². The molecule has 0 saturated carbocycles. The van der Waals surface area contributed by atoms with Crippen LogP contribution in [-0.2, 0) is 5.41 Å². The number of nitrogens with one attached hydrogen (secondary N) is 1. The molecule has 1 heterocycles. The second kappa shape index (κ2) is 7.21. The molecule has 0 aliphatic heterocycles. The van der Waals surface area contributed by atoms with Crippen LogP contribution in [0.3, 0.4) is 0 Å². The molecule has 0 aliphatic rings. The Balaban J connectivity index is 2.11. The summed E-state index contributed by atoms with van der Waals surface area (Å²) in [6.07, 6.45) is 0. The van der Waals surface area contributed by atoms with E-state index in [1.807, 2.05) is 26.0 Å². The summed E-state index contributed by atoms with van der Waals surface area (Å²) in [5.41, 5.74) is 1.93.